The van der Waals surface area contributed by atoms with Crippen LogP contribution in [0, 0.1) is 0 Å². The molecular weight excluding hydrogens is 955 g/mol. The Morgan fingerprint density at radius 2 is 0.868 bits per heavy atom. The summed E-state index contributed by atoms with van der Waals surface area (Å²) in [6, 6.07) is -0.829. The molecule has 1 heterocycles. The van der Waals surface area contributed by atoms with Gasteiger partial charge in [-0.1, -0.05) is 236 Å². The molecule has 11 heteroatoms. The van der Waals surface area contributed by atoms with E-state index >= 15 is 0 Å². The Morgan fingerprint density at radius 3 is 1.34 bits per heavy atom. The predicted octanol–water partition coefficient (Wildman–Crippen LogP) is 15.2. The number of hydrogen-bond donors (Lipinski definition) is 6. The van der Waals surface area contributed by atoms with E-state index in [0.717, 1.165) is 57.8 Å². The largest absolute Gasteiger partial charge is 0.466 e. The SMILES string of the molecule is CCCC/C=C\CCCCCCCC(=O)OCCCCCCCCCCCCCC/C=C\CCCCCCCCCCCCC(=O)NC(COC1OC(CO)C(O)C(O)C1O)C(O)/C=C/CC/C=C/CCCCCCC. The zero-order valence-corrected chi connectivity index (χ0v) is 49.0. The Balaban J connectivity index is 2.01. The van der Waals surface area contributed by atoms with Crippen LogP contribution in [0.1, 0.15) is 290 Å². The summed E-state index contributed by atoms with van der Waals surface area (Å²) in [6.07, 6.45) is 59.4. The van der Waals surface area contributed by atoms with Gasteiger partial charge in [0.1, 0.15) is 24.4 Å². The number of allylic oxidation sites excluding steroid dienone is 7. The van der Waals surface area contributed by atoms with Crippen LogP contribution >= 0.6 is 0 Å². The number of amides is 1. The van der Waals surface area contributed by atoms with E-state index in [2.05, 4.69) is 55.6 Å². The van der Waals surface area contributed by atoms with E-state index in [1.807, 2.05) is 6.08 Å². The van der Waals surface area contributed by atoms with Crippen molar-refractivity contribution in [2.45, 2.75) is 333 Å². The minimum atomic E-state index is -1.58. The third-order valence-corrected chi connectivity index (χ3v) is 14.9. The molecule has 0 aromatic rings. The van der Waals surface area contributed by atoms with Gasteiger partial charge in [-0.25, -0.2) is 0 Å². The molecule has 7 unspecified atom stereocenters. The molecule has 1 saturated heterocycles. The summed E-state index contributed by atoms with van der Waals surface area (Å²) in [5.74, 6) is -0.203. The van der Waals surface area contributed by atoms with Crippen LogP contribution in [0.4, 0.5) is 0 Å². The van der Waals surface area contributed by atoms with E-state index in [4.69, 9.17) is 14.2 Å². The summed E-state index contributed by atoms with van der Waals surface area (Å²) in [5.41, 5.74) is 0. The quantitative estimate of drug-likeness (QED) is 0.0195. The van der Waals surface area contributed by atoms with E-state index < -0.39 is 49.5 Å². The number of rotatable bonds is 55. The first kappa shape index (κ1) is 71.6. The lowest BCUT2D eigenvalue weighted by Crippen LogP contribution is -2.60. The maximum Gasteiger partial charge on any atom is 0.305 e. The summed E-state index contributed by atoms with van der Waals surface area (Å²) in [7, 11) is 0. The maximum absolute atomic E-state index is 13.0. The van der Waals surface area contributed by atoms with Crippen LogP contribution in [-0.2, 0) is 23.8 Å². The van der Waals surface area contributed by atoms with Gasteiger partial charge in [-0.2, -0.15) is 0 Å². The smallest absolute Gasteiger partial charge is 0.305 e. The summed E-state index contributed by atoms with van der Waals surface area (Å²) >= 11 is 0. The Kier molecular flexibility index (Phi) is 51.4. The molecule has 1 fully saturated rings. The van der Waals surface area contributed by atoms with Crippen LogP contribution in [0.2, 0.25) is 0 Å². The predicted molar refractivity (Wildman–Crippen MR) is 315 cm³/mol. The van der Waals surface area contributed by atoms with Crippen molar-refractivity contribution in [1.82, 2.24) is 5.32 Å². The van der Waals surface area contributed by atoms with Gasteiger partial charge in [0.15, 0.2) is 6.29 Å². The van der Waals surface area contributed by atoms with Crippen molar-refractivity contribution in [3.8, 4) is 0 Å². The second-order valence-electron chi connectivity index (χ2n) is 22.1. The van der Waals surface area contributed by atoms with Crippen LogP contribution in [0.3, 0.4) is 0 Å². The molecule has 1 aliphatic rings. The highest BCUT2D eigenvalue weighted by atomic mass is 16.7. The van der Waals surface area contributed by atoms with Crippen LogP contribution in [0.5, 0.6) is 0 Å². The molecule has 0 aromatic carbocycles. The molecule has 0 bridgehead atoms. The first-order valence-electron chi connectivity index (χ1n) is 31.9. The molecule has 0 aromatic heterocycles. The second kappa shape index (κ2) is 54.6. The first-order chi connectivity index (χ1) is 37.2. The molecule has 6 N–H and O–H groups in total. The molecule has 1 aliphatic heterocycles. The fraction of sp³-hybridized carbons (Fsp3) is 0.846. The van der Waals surface area contributed by atoms with Gasteiger partial charge in [0, 0.05) is 12.8 Å². The molecular formula is C65H119NO10. The van der Waals surface area contributed by atoms with Gasteiger partial charge in [-0.3, -0.25) is 9.59 Å². The van der Waals surface area contributed by atoms with E-state index in [0.29, 0.717) is 19.4 Å². The third-order valence-electron chi connectivity index (χ3n) is 14.9. The lowest BCUT2D eigenvalue weighted by molar-refractivity contribution is -0.302. The molecule has 1 amide bonds. The minimum absolute atomic E-state index is 0.00761. The molecule has 76 heavy (non-hydrogen) atoms. The van der Waals surface area contributed by atoms with Crippen molar-refractivity contribution in [2.75, 3.05) is 19.8 Å². The van der Waals surface area contributed by atoms with Gasteiger partial charge in [-0.15, -0.1) is 0 Å². The Bertz CT molecular complexity index is 1400. The van der Waals surface area contributed by atoms with Gasteiger partial charge in [0.2, 0.25) is 5.91 Å². The van der Waals surface area contributed by atoms with Crippen LogP contribution < -0.4 is 5.32 Å². The van der Waals surface area contributed by atoms with Crippen LogP contribution in [-0.4, -0.2) is 100 Å². The van der Waals surface area contributed by atoms with E-state index in [1.54, 1.807) is 6.08 Å². The molecule has 0 saturated carbocycles. The summed E-state index contributed by atoms with van der Waals surface area (Å²) in [4.78, 5) is 25.0. The van der Waals surface area contributed by atoms with Crippen molar-refractivity contribution in [2.24, 2.45) is 0 Å². The fourth-order valence-electron chi connectivity index (χ4n) is 9.78. The fourth-order valence-corrected chi connectivity index (χ4v) is 9.78. The van der Waals surface area contributed by atoms with Gasteiger partial charge in [0.25, 0.3) is 0 Å². The standard InChI is InChI=1S/C65H119NO10/c1-3-5-7-9-11-13-31-35-39-43-47-51-58(68)57(56-75-65-64(73)63(72)62(71)59(55-67)76-65)66-60(69)52-48-44-40-36-33-29-27-25-23-21-19-17-15-16-18-20-22-24-26-28-30-34-38-42-46-50-54-74-61(70)53-49-45-41-37-32-14-12-10-8-6-4-2/h10,12,15,17,31,35,47,51,57-59,62-65,67-68,71-73H,3-9,11,13-14,16,18-30,32-34,36-46,48-50,52-56H2,1-2H3,(H,66,69)/b12-10-,17-15-,35-31+,51-47+. The number of nitrogens with one attached hydrogen (secondary N) is 1. The highest BCUT2D eigenvalue weighted by Crippen LogP contribution is 2.23. The lowest BCUT2D eigenvalue weighted by Gasteiger charge is -2.40. The van der Waals surface area contributed by atoms with Crippen molar-refractivity contribution < 1.29 is 49.3 Å². The summed E-state index contributed by atoms with van der Waals surface area (Å²) in [6.45, 7) is 4.27. The minimum Gasteiger partial charge on any atom is -0.466 e. The van der Waals surface area contributed by atoms with Crippen LogP contribution in [0.25, 0.3) is 0 Å². The van der Waals surface area contributed by atoms with Crippen molar-refractivity contribution in [3.63, 3.8) is 0 Å². The number of esters is 1. The number of unbranched alkanes of at least 4 members (excludes halogenated alkanes) is 35. The molecule has 0 spiro atoms. The van der Waals surface area contributed by atoms with Gasteiger partial charge >= 0.3 is 5.97 Å². The van der Waals surface area contributed by atoms with Gasteiger partial charge in [0.05, 0.1) is 32.0 Å². The van der Waals surface area contributed by atoms with E-state index in [9.17, 15) is 35.1 Å². The molecule has 0 aliphatic carbocycles. The zero-order chi connectivity index (χ0) is 55.2. The van der Waals surface area contributed by atoms with Crippen molar-refractivity contribution >= 4 is 11.9 Å². The summed E-state index contributed by atoms with van der Waals surface area (Å²) < 4.78 is 16.7. The Morgan fingerprint density at radius 1 is 0.474 bits per heavy atom. The molecule has 11 nitrogen and oxygen atoms in total. The Labute approximate surface area is 466 Å². The van der Waals surface area contributed by atoms with Gasteiger partial charge in [-0.05, 0) is 89.9 Å². The number of carbonyl (C=O) groups excluding carboxylic acids is 2. The monoisotopic (exact) mass is 1070 g/mol. The molecule has 0 radical (unpaired) electrons. The second-order valence-corrected chi connectivity index (χ2v) is 22.1. The first-order valence-corrected chi connectivity index (χ1v) is 31.9. The number of ether oxygens (including phenoxy) is 3. The average Bonchev–Trinajstić information content (AvgIpc) is 3.42. The van der Waals surface area contributed by atoms with E-state index in [1.165, 1.54) is 205 Å². The number of aliphatic hydroxyl groups is 5. The third kappa shape index (κ3) is 43.5. The van der Waals surface area contributed by atoms with E-state index in [-0.39, 0.29) is 18.5 Å². The van der Waals surface area contributed by atoms with Crippen molar-refractivity contribution in [1.29, 1.82) is 0 Å². The number of hydrogen-bond acceptors (Lipinski definition) is 10. The highest BCUT2D eigenvalue weighted by Gasteiger charge is 2.44. The highest BCUT2D eigenvalue weighted by molar-refractivity contribution is 5.76. The number of carbonyl (C=O) groups is 2. The molecule has 7 atom stereocenters. The van der Waals surface area contributed by atoms with Crippen molar-refractivity contribution in [3.05, 3.63) is 48.6 Å². The lowest BCUT2D eigenvalue weighted by atomic mass is 9.99. The Hall–Kier alpha value is -2.38. The normalized spacial score (nSPS) is 19.0. The average molecular weight is 1070 g/mol. The zero-order valence-electron chi connectivity index (χ0n) is 49.0. The molecule has 444 valence electrons. The topological polar surface area (TPSA) is 175 Å². The maximum atomic E-state index is 13.0. The van der Waals surface area contributed by atoms with Gasteiger partial charge < -0.3 is 45.1 Å². The summed E-state index contributed by atoms with van der Waals surface area (Å²) in [5, 5.41) is 54.3. The number of aliphatic hydroxyl groups excluding tert-OH is 5. The molecule has 1 rings (SSSR count). The van der Waals surface area contributed by atoms with Crippen LogP contribution in [0.15, 0.2) is 48.6 Å².